The molecule has 2 aromatic carbocycles. The lowest BCUT2D eigenvalue weighted by Crippen LogP contribution is -2.64. The van der Waals surface area contributed by atoms with Gasteiger partial charge in [-0.25, -0.2) is 17.5 Å². The van der Waals surface area contributed by atoms with Crippen molar-refractivity contribution in [2.24, 2.45) is 23.7 Å². The molecule has 1 spiro atoms. The predicted molar refractivity (Wildman–Crippen MR) is 210 cm³/mol. The third-order valence-corrected chi connectivity index (χ3v) is 16.9. The fourth-order valence-corrected chi connectivity index (χ4v) is 12.6. The normalized spacial score (nSPS) is 36.1. The summed E-state index contributed by atoms with van der Waals surface area (Å²) in [6.07, 6.45) is 7.32. The molecule has 2 saturated heterocycles. The van der Waals surface area contributed by atoms with E-state index >= 15 is 4.39 Å². The number of rotatable bonds is 3. The molecule has 1 amide bonds. The molecule has 1 N–H and O–H groups in total. The molecule has 5 heterocycles. The van der Waals surface area contributed by atoms with Gasteiger partial charge in [0.15, 0.2) is 0 Å². The summed E-state index contributed by atoms with van der Waals surface area (Å²) in [4.78, 5) is 21.2. The third-order valence-electron chi connectivity index (χ3n) is 14.8. The van der Waals surface area contributed by atoms with Gasteiger partial charge in [-0.05, 0) is 110 Å². The van der Waals surface area contributed by atoms with E-state index in [1.54, 1.807) is 31.2 Å². The second-order valence-corrected chi connectivity index (χ2v) is 20.0. The molecule has 55 heavy (non-hydrogen) atoms. The minimum atomic E-state index is -4.00. The molecule has 4 bridgehead atoms. The van der Waals surface area contributed by atoms with Gasteiger partial charge in [0.1, 0.15) is 17.2 Å². The van der Waals surface area contributed by atoms with Crippen molar-refractivity contribution in [1.29, 1.82) is 0 Å². The van der Waals surface area contributed by atoms with Gasteiger partial charge in [0.2, 0.25) is 10.0 Å². The number of morpholine rings is 1. The Morgan fingerprint density at radius 3 is 2.73 bits per heavy atom. The summed E-state index contributed by atoms with van der Waals surface area (Å²) in [5.74, 6) is -0.0353. The number of benzene rings is 2. The van der Waals surface area contributed by atoms with Crippen LogP contribution >= 0.6 is 11.6 Å². The molecule has 2 aromatic rings. The maximum Gasteiger partial charge on any atom is 0.264 e. The van der Waals surface area contributed by atoms with Crippen molar-refractivity contribution in [1.82, 2.24) is 14.5 Å². The highest BCUT2D eigenvalue weighted by atomic mass is 35.5. The maximum absolute atomic E-state index is 15.6. The lowest BCUT2D eigenvalue weighted by Gasteiger charge is -2.57. The molecule has 3 aliphatic carbocycles. The van der Waals surface area contributed by atoms with Crippen molar-refractivity contribution in [2.75, 3.05) is 77.6 Å². The molecule has 13 heteroatoms. The molecule has 0 aromatic heterocycles. The zero-order valence-corrected chi connectivity index (χ0v) is 33.8. The van der Waals surface area contributed by atoms with Crippen LogP contribution in [0.3, 0.4) is 0 Å². The Morgan fingerprint density at radius 2 is 1.95 bits per heavy atom. The zero-order chi connectivity index (χ0) is 38.3. The lowest BCUT2D eigenvalue weighted by atomic mass is 9.58. The fraction of sp³-hybridized carbons (Fsp3) is 0.643. The Hall–Kier alpha value is -2.74. The zero-order valence-electron chi connectivity index (χ0n) is 32.2. The average Bonchev–Trinajstić information content (AvgIpc) is 3.29. The Labute approximate surface area is 329 Å². The van der Waals surface area contributed by atoms with E-state index in [1.807, 2.05) is 20.1 Å². The monoisotopic (exact) mass is 796 g/mol. The van der Waals surface area contributed by atoms with Gasteiger partial charge in [-0.3, -0.25) is 14.6 Å². The lowest BCUT2D eigenvalue weighted by molar-refractivity contribution is -0.119. The van der Waals surface area contributed by atoms with E-state index in [0.717, 1.165) is 89.3 Å². The number of halogens is 2. The van der Waals surface area contributed by atoms with Crippen molar-refractivity contribution in [3.05, 3.63) is 69.5 Å². The van der Waals surface area contributed by atoms with Gasteiger partial charge >= 0.3 is 0 Å². The SMILES string of the molecule is CO[C@@]1(CN2CCN3CCOC[C@H]3C2)C2=C[C@H](C2)[C@H](C)[C@@H](C)S(=O)(=O)NC(=O)c2ccc3c(c2)N(C[C@@H]2CC[C@H]21)C[C@@]1(CCCc2c1ccc(Cl)c2F)CO3. The van der Waals surface area contributed by atoms with Crippen LogP contribution in [0.5, 0.6) is 5.75 Å². The minimum Gasteiger partial charge on any atom is -0.490 e. The fourth-order valence-electron chi connectivity index (χ4n) is 11.1. The number of methoxy groups -OCH3 is 1. The Balaban J connectivity index is 1.13. The quantitative estimate of drug-likeness (QED) is 0.409. The molecular formula is C42H54ClFN4O6S. The van der Waals surface area contributed by atoms with Crippen molar-refractivity contribution in [3.8, 4) is 5.75 Å². The molecule has 8 atom stereocenters. The maximum atomic E-state index is 15.6. The van der Waals surface area contributed by atoms with Crippen LogP contribution in [0.15, 0.2) is 42.0 Å². The number of nitrogens with one attached hydrogen (secondary N) is 1. The first kappa shape index (κ1) is 37.8. The van der Waals surface area contributed by atoms with Crippen molar-refractivity contribution in [3.63, 3.8) is 0 Å². The van der Waals surface area contributed by atoms with E-state index in [0.29, 0.717) is 43.5 Å². The number of nitrogens with zero attached hydrogens (tertiary/aromatic N) is 3. The first-order valence-corrected chi connectivity index (χ1v) is 22.2. The van der Waals surface area contributed by atoms with Gasteiger partial charge < -0.3 is 19.1 Å². The highest BCUT2D eigenvalue weighted by Gasteiger charge is 2.55. The molecule has 5 aliphatic heterocycles. The summed E-state index contributed by atoms with van der Waals surface area (Å²) in [6, 6.07) is 9.21. The number of carbonyl (C=O) groups is 1. The molecule has 10 rings (SSSR count). The summed E-state index contributed by atoms with van der Waals surface area (Å²) in [5.41, 5.74) is 2.81. The Morgan fingerprint density at radius 1 is 1.11 bits per heavy atom. The Bertz CT molecular complexity index is 2000. The van der Waals surface area contributed by atoms with Crippen LogP contribution in [-0.2, 0) is 31.3 Å². The number of anilines is 1. The number of amides is 1. The standard InChI is InChI=1S/C42H54ClFN4O6S/c1-26-27(2)55(50,51)45-40(49)28-7-11-38-37(19-28)48(23-41(25-54-38)12-4-5-33-35(41)9-10-36(43)39(33)44)20-29-6-8-34(29)42(52-3,31-17-30(26)18-31)24-46-13-14-47-15-16-53-22-32(47)21-46/h7,9-11,17,19,26-27,29-30,32,34H,4-6,8,12-16,18,20-25H2,1-3H3,(H,45,49)/t26-,27-,29+,30-,32-,34-,41+,42+/m1/s1. The molecule has 298 valence electrons. The summed E-state index contributed by atoms with van der Waals surface area (Å²) in [5, 5.41) is -0.660. The average molecular weight is 797 g/mol. The second kappa shape index (κ2) is 14.3. The van der Waals surface area contributed by atoms with Crippen LogP contribution in [-0.4, -0.2) is 114 Å². The number of carbonyl (C=O) groups excluding carboxylic acids is 1. The van der Waals surface area contributed by atoms with Crippen LogP contribution in [0, 0.1) is 29.5 Å². The first-order chi connectivity index (χ1) is 26.4. The van der Waals surface area contributed by atoms with E-state index < -0.39 is 32.2 Å². The van der Waals surface area contributed by atoms with Crippen molar-refractivity contribution < 1.29 is 31.8 Å². The molecule has 0 radical (unpaired) electrons. The van der Waals surface area contributed by atoms with Crippen LogP contribution < -0.4 is 14.4 Å². The van der Waals surface area contributed by atoms with Crippen LogP contribution in [0.4, 0.5) is 10.1 Å². The highest BCUT2D eigenvalue weighted by molar-refractivity contribution is 7.90. The van der Waals surface area contributed by atoms with Gasteiger partial charge in [0.25, 0.3) is 5.91 Å². The van der Waals surface area contributed by atoms with Crippen LogP contribution in [0.25, 0.3) is 0 Å². The minimum absolute atomic E-state index is 0.0509. The second-order valence-electron chi connectivity index (χ2n) is 17.5. The molecular weight excluding hydrogens is 743 g/mol. The van der Waals surface area contributed by atoms with Gasteiger partial charge in [-0.15, -0.1) is 0 Å². The van der Waals surface area contributed by atoms with Gasteiger partial charge in [-0.2, -0.15) is 0 Å². The van der Waals surface area contributed by atoms with E-state index in [2.05, 4.69) is 25.5 Å². The summed E-state index contributed by atoms with van der Waals surface area (Å²) in [7, 11) is -2.14. The number of ether oxygens (including phenoxy) is 3. The third kappa shape index (κ3) is 6.41. The molecule has 8 aliphatic rings. The summed E-state index contributed by atoms with van der Waals surface area (Å²) in [6.45, 7) is 11.4. The molecule has 3 fully saturated rings. The first-order valence-electron chi connectivity index (χ1n) is 20.3. The van der Waals surface area contributed by atoms with E-state index in [4.69, 9.17) is 25.8 Å². The summed E-state index contributed by atoms with van der Waals surface area (Å²) < 4.78 is 65.0. The number of sulfonamides is 1. The van der Waals surface area contributed by atoms with Crippen molar-refractivity contribution >= 4 is 33.2 Å². The van der Waals surface area contributed by atoms with Gasteiger partial charge in [0, 0.05) is 69.9 Å². The predicted octanol–water partition coefficient (Wildman–Crippen LogP) is 5.42. The number of hydrogen-bond donors (Lipinski definition) is 1. The highest BCUT2D eigenvalue weighted by Crippen LogP contribution is 2.54. The number of allylic oxidation sites excluding steroid dienone is 1. The van der Waals surface area contributed by atoms with E-state index in [1.165, 1.54) is 5.57 Å². The molecule has 1 saturated carbocycles. The van der Waals surface area contributed by atoms with Gasteiger partial charge in [0.05, 0.1) is 35.8 Å². The number of fused-ring (bicyclic) bond motifs is 7. The largest absolute Gasteiger partial charge is 0.490 e. The molecule has 0 unspecified atom stereocenters. The van der Waals surface area contributed by atoms with Crippen LogP contribution in [0.1, 0.15) is 67.4 Å². The number of hydrogen-bond acceptors (Lipinski definition) is 9. The van der Waals surface area contributed by atoms with E-state index in [9.17, 15) is 13.2 Å². The van der Waals surface area contributed by atoms with E-state index in [-0.39, 0.29) is 40.1 Å². The van der Waals surface area contributed by atoms with Crippen LogP contribution in [0.2, 0.25) is 5.02 Å². The topological polar surface area (TPSA) is 101 Å². The number of piperazine rings is 1. The molecule has 10 nitrogen and oxygen atoms in total. The van der Waals surface area contributed by atoms with Gasteiger partial charge in [-0.1, -0.05) is 30.7 Å². The van der Waals surface area contributed by atoms with Crippen molar-refractivity contribution in [2.45, 2.75) is 74.7 Å². The smallest absolute Gasteiger partial charge is 0.264 e. The Kier molecular flexibility index (Phi) is 9.81. The summed E-state index contributed by atoms with van der Waals surface area (Å²) >= 11 is 6.32.